The molecule has 0 radical (unpaired) electrons. The van der Waals surface area contributed by atoms with Crippen LogP contribution in [0.5, 0.6) is 0 Å². The largest absolute Gasteiger partial charge is 0.347 e. The highest BCUT2D eigenvalue weighted by atomic mass is 16.2. The fourth-order valence-corrected chi connectivity index (χ4v) is 4.58. The first kappa shape index (κ1) is 26.9. The van der Waals surface area contributed by atoms with Crippen LogP contribution in [0.3, 0.4) is 0 Å². The molecule has 36 heavy (non-hydrogen) atoms. The molecule has 0 heterocycles. The van der Waals surface area contributed by atoms with Gasteiger partial charge in [-0.15, -0.1) is 0 Å². The molecule has 2 unspecified atom stereocenters. The van der Waals surface area contributed by atoms with Crippen LogP contribution in [0.25, 0.3) is 0 Å². The summed E-state index contributed by atoms with van der Waals surface area (Å²) in [5.74, 6) is -1.69. The first-order chi connectivity index (χ1) is 17.4. The zero-order valence-corrected chi connectivity index (χ0v) is 21.1. The lowest BCUT2D eigenvalue weighted by molar-refractivity contribution is -0.132. The van der Waals surface area contributed by atoms with Gasteiger partial charge >= 0.3 is 0 Å². The van der Waals surface area contributed by atoms with Crippen molar-refractivity contribution < 1.29 is 19.2 Å². The van der Waals surface area contributed by atoms with E-state index in [0.29, 0.717) is 19.3 Å². The van der Waals surface area contributed by atoms with Gasteiger partial charge in [-0.1, -0.05) is 56.7 Å². The molecule has 4 amide bonds. The zero-order valence-electron chi connectivity index (χ0n) is 21.1. The number of para-hydroxylation sites is 2. The van der Waals surface area contributed by atoms with Crippen molar-refractivity contribution in [3.05, 3.63) is 59.7 Å². The molecule has 3 rings (SSSR count). The van der Waals surface area contributed by atoms with E-state index in [4.69, 9.17) is 0 Å². The molecule has 2 aromatic rings. The highest BCUT2D eigenvalue weighted by Gasteiger charge is 2.31. The van der Waals surface area contributed by atoms with Crippen LogP contribution in [0.2, 0.25) is 0 Å². The van der Waals surface area contributed by atoms with Crippen LogP contribution in [0.1, 0.15) is 50.7 Å². The Bertz CT molecular complexity index is 1000. The van der Waals surface area contributed by atoms with Gasteiger partial charge < -0.3 is 21.3 Å². The summed E-state index contributed by atoms with van der Waals surface area (Å²) in [6.07, 6.45) is 4.07. The van der Waals surface area contributed by atoms with E-state index in [1.54, 1.807) is 0 Å². The third-order valence-electron chi connectivity index (χ3n) is 6.61. The van der Waals surface area contributed by atoms with E-state index in [1.165, 1.54) is 0 Å². The van der Waals surface area contributed by atoms with Crippen LogP contribution in [0.15, 0.2) is 48.5 Å². The number of amides is 4. The van der Waals surface area contributed by atoms with Gasteiger partial charge in [0.1, 0.15) is 0 Å². The molecule has 1 aliphatic rings. The smallest absolute Gasteiger partial charge is 0.243 e. The van der Waals surface area contributed by atoms with Crippen molar-refractivity contribution in [1.29, 1.82) is 0 Å². The highest BCUT2D eigenvalue weighted by molar-refractivity contribution is 5.96. The molecule has 2 atom stereocenters. The average Bonchev–Trinajstić information content (AvgIpc) is 2.91. The van der Waals surface area contributed by atoms with E-state index < -0.39 is 0 Å². The van der Waals surface area contributed by atoms with Gasteiger partial charge in [-0.2, -0.15) is 0 Å². The minimum atomic E-state index is -0.338. The van der Waals surface area contributed by atoms with Gasteiger partial charge in [0.25, 0.3) is 0 Å². The molecule has 0 spiro atoms. The van der Waals surface area contributed by atoms with Crippen molar-refractivity contribution in [3.8, 4) is 0 Å². The third kappa shape index (κ3) is 7.66. The fraction of sp³-hybridized carbons (Fsp3) is 0.429. The van der Waals surface area contributed by atoms with E-state index in [1.807, 2.05) is 62.4 Å². The number of hydrogen-bond acceptors (Lipinski definition) is 4. The fourth-order valence-electron chi connectivity index (χ4n) is 4.58. The highest BCUT2D eigenvalue weighted by Crippen LogP contribution is 2.29. The van der Waals surface area contributed by atoms with Gasteiger partial charge in [-0.05, 0) is 55.4 Å². The molecule has 0 saturated heterocycles. The molecule has 192 valence electrons. The molecule has 0 bridgehead atoms. The predicted molar refractivity (Wildman–Crippen MR) is 140 cm³/mol. The molecule has 8 heteroatoms. The minimum absolute atomic E-state index is 0.121. The molecule has 1 aliphatic carbocycles. The molecule has 1 fully saturated rings. The topological polar surface area (TPSA) is 116 Å². The van der Waals surface area contributed by atoms with Crippen LogP contribution >= 0.6 is 0 Å². The first-order valence-corrected chi connectivity index (χ1v) is 12.7. The van der Waals surface area contributed by atoms with Crippen molar-refractivity contribution in [2.24, 2.45) is 11.8 Å². The summed E-state index contributed by atoms with van der Waals surface area (Å²) < 4.78 is 0. The lowest BCUT2D eigenvalue weighted by Crippen LogP contribution is -2.42. The van der Waals surface area contributed by atoms with Gasteiger partial charge in [0.15, 0.2) is 0 Å². The summed E-state index contributed by atoms with van der Waals surface area (Å²) in [4.78, 5) is 50.0. The van der Waals surface area contributed by atoms with E-state index in [-0.39, 0.29) is 48.6 Å². The number of hydrogen-bond donors (Lipinski definition) is 4. The Morgan fingerprint density at radius 2 is 1.11 bits per heavy atom. The zero-order chi connectivity index (χ0) is 25.9. The normalized spacial score (nSPS) is 17.1. The van der Waals surface area contributed by atoms with Crippen LogP contribution in [0.4, 0.5) is 11.4 Å². The SMILES string of the molecule is CCc1ccccc1NC(=O)CNC(=O)C1CCCC(C(=O)NCC(=O)Nc2ccccc2CC)C1. The number of carbonyl (C=O) groups excluding carboxylic acids is 4. The molecular formula is C28H36N4O4. The van der Waals surface area contributed by atoms with Crippen LogP contribution in [0, 0.1) is 11.8 Å². The van der Waals surface area contributed by atoms with Gasteiger partial charge in [0.2, 0.25) is 23.6 Å². The summed E-state index contributed by atoms with van der Waals surface area (Å²) in [7, 11) is 0. The Morgan fingerprint density at radius 1 is 0.694 bits per heavy atom. The van der Waals surface area contributed by atoms with Gasteiger partial charge in [-0.25, -0.2) is 0 Å². The molecule has 0 aromatic heterocycles. The van der Waals surface area contributed by atoms with E-state index >= 15 is 0 Å². The lowest BCUT2D eigenvalue weighted by atomic mass is 9.80. The summed E-state index contributed by atoms with van der Waals surface area (Å²) in [5, 5.41) is 11.1. The summed E-state index contributed by atoms with van der Waals surface area (Å²) in [6, 6.07) is 15.1. The second-order valence-corrected chi connectivity index (χ2v) is 9.11. The molecule has 0 aliphatic heterocycles. The molecule has 2 aromatic carbocycles. The van der Waals surface area contributed by atoms with Crippen LogP contribution in [-0.2, 0) is 32.0 Å². The number of anilines is 2. The Kier molecular flexibility index (Phi) is 10.0. The predicted octanol–water partition coefficient (Wildman–Crippen LogP) is 3.43. The van der Waals surface area contributed by atoms with Gasteiger partial charge in [-0.3, -0.25) is 19.2 Å². The maximum absolute atomic E-state index is 12.7. The van der Waals surface area contributed by atoms with Crippen molar-refractivity contribution in [1.82, 2.24) is 10.6 Å². The number of benzene rings is 2. The third-order valence-corrected chi connectivity index (χ3v) is 6.61. The monoisotopic (exact) mass is 492 g/mol. The van der Waals surface area contributed by atoms with Crippen molar-refractivity contribution in [2.75, 3.05) is 23.7 Å². The van der Waals surface area contributed by atoms with Crippen LogP contribution < -0.4 is 21.3 Å². The standard InChI is InChI=1S/C28H36N4O4/c1-3-19-10-5-7-14-23(19)31-25(33)17-29-27(35)21-12-9-13-22(16-21)28(36)30-18-26(34)32-24-15-8-6-11-20(24)4-2/h5-8,10-11,14-15,21-22H,3-4,9,12-13,16-18H2,1-2H3,(H,29,35)(H,30,36)(H,31,33)(H,32,34). The summed E-state index contributed by atoms with van der Waals surface area (Å²) >= 11 is 0. The van der Waals surface area contributed by atoms with Crippen LogP contribution in [-0.4, -0.2) is 36.7 Å². The number of aryl methyl sites for hydroxylation is 2. The Hall–Kier alpha value is -3.68. The minimum Gasteiger partial charge on any atom is -0.347 e. The van der Waals surface area contributed by atoms with E-state index in [9.17, 15) is 19.2 Å². The van der Waals surface area contributed by atoms with E-state index in [2.05, 4.69) is 21.3 Å². The molecule has 1 saturated carbocycles. The first-order valence-electron chi connectivity index (χ1n) is 12.7. The van der Waals surface area contributed by atoms with Crippen molar-refractivity contribution in [2.45, 2.75) is 52.4 Å². The Labute approximate surface area is 212 Å². The Morgan fingerprint density at radius 3 is 1.53 bits per heavy atom. The number of rotatable bonds is 10. The molecule has 8 nitrogen and oxygen atoms in total. The summed E-state index contributed by atoms with van der Waals surface area (Å²) in [5.41, 5.74) is 3.55. The van der Waals surface area contributed by atoms with Crippen molar-refractivity contribution >= 4 is 35.0 Å². The van der Waals surface area contributed by atoms with E-state index in [0.717, 1.165) is 41.8 Å². The molecule has 4 N–H and O–H groups in total. The van der Waals surface area contributed by atoms with Gasteiger partial charge in [0, 0.05) is 23.2 Å². The maximum atomic E-state index is 12.7. The number of nitrogens with one attached hydrogen (secondary N) is 4. The quantitative estimate of drug-likeness (QED) is 0.407. The Balaban J connectivity index is 1.43. The second-order valence-electron chi connectivity index (χ2n) is 9.11. The van der Waals surface area contributed by atoms with Gasteiger partial charge in [0.05, 0.1) is 13.1 Å². The number of carbonyl (C=O) groups is 4. The maximum Gasteiger partial charge on any atom is 0.243 e. The average molecular weight is 493 g/mol. The summed E-state index contributed by atoms with van der Waals surface area (Å²) in [6.45, 7) is 3.79. The lowest BCUT2D eigenvalue weighted by Gasteiger charge is -2.27. The second kappa shape index (κ2) is 13.4. The molecular weight excluding hydrogens is 456 g/mol. The van der Waals surface area contributed by atoms with Crippen molar-refractivity contribution in [3.63, 3.8) is 0 Å².